The fourth-order valence-electron chi connectivity index (χ4n) is 2.11. The lowest BCUT2D eigenvalue weighted by Crippen LogP contribution is -2.52. The Morgan fingerprint density at radius 1 is 1.52 bits per heavy atom. The molecule has 0 N–H and O–H groups in total. The van der Waals surface area contributed by atoms with Gasteiger partial charge in [-0.3, -0.25) is 9.44 Å². The molecule has 1 aromatic rings. The maximum atomic E-state index is 12.9. The highest BCUT2D eigenvalue weighted by molar-refractivity contribution is 7.15. The summed E-state index contributed by atoms with van der Waals surface area (Å²) in [4.78, 5) is 12.7. The maximum absolute atomic E-state index is 12.9. The summed E-state index contributed by atoms with van der Waals surface area (Å²) in [6.07, 6.45) is -5.84. The van der Waals surface area contributed by atoms with Crippen LogP contribution in [0.1, 0.15) is 18.9 Å². The highest BCUT2D eigenvalue weighted by atomic mass is 32.1. The van der Waals surface area contributed by atoms with E-state index in [2.05, 4.69) is 10.2 Å². The molecule has 3 unspecified atom stereocenters. The van der Waals surface area contributed by atoms with Crippen molar-refractivity contribution in [1.29, 1.82) is 0 Å². The summed E-state index contributed by atoms with van der Waals surface area (Å²) in [7, 11) is 1.62. The van der Waals surface area contributed by atoms with Crippen LogP contribution in [-0.2, 0) is 15.7 Å². The number of rotatable bonds is 2. The van der Waals surface area contributed by atoms with Gasteiger partial charge >= 0.3 is 17.3 Å². The van der Waals surface area contributed by atoms with Gasteiger partial charge in [0.1, 0.15) is 12.7 Å². The van der Waals surface area contributed by atoms with Crippen molar-refractivity contribution in [2.75, 3.05) is 13.7 Å². The van der Waals surface area contributed by atoms with E-state index in [1.54, 1.807) is 18.9 Å². The van der Waals surface area contributed by atoms with Crippen molar-refractivity contribution in [2.45, 2.75) is 32.3 Å². The molecule has 0 amide bonds. The van der Waals surface area contributed by atoms with E-state index >= 15 is 0 Å². The summed E-state index contributed by atoms with van der Waals surface area (Å²) in [6, 6.07) is -0.454. The van der Waals surface area contributed by atoms with E-state index < -0.39 is 34.1 Å². The lowest BCUT2D eigenvalue weighted by molar-refractivity contribution is -0.152. The number of esters is 1. The highest BCUT2D eigenvalue weighted by Crippen LogP contribution is 2.40. The molecule has 0 spiro atoms. The first-order chi connectivity index (χ1) is 9.55. The van der Waals surface area contributed by atoms with Crippen molar-refractivity contribution < 1.29 is 22.7 Å². The molecule has 2 heterocycles. The Labute approximate surface area is 122 Å². The molecule has 0 radical (unpaired) electrons. The predicted octanol–water partition coefficient (Wildman–Crippen LogP) is 1.54. The van der Waals surface area contributed by atoms with Crippen LogP contribution in [-0.4, -0.2) is 47.1 Å². The Kier molecular flexibility index (Phi) is 3.95. The minimum absolute atomic E-state index is 0.165. The second-order valence-electron chi connectivity index (χ2n) is 4.82. The van der Waals surface area contributed by atoms with E-state index in [1.165, 1.54) is 0 Å². The van der Waals surface area contributed by atoms with E-state index in [-0.39, 0.29) is 23.1 Å². The fraction of sp³-hybridized carbons (Fsp3) is 0.700. The molecule has 1 aliphatic rings. The largest absolute Gasteiger partial charge is 0.622 e. The fourth-order valence-corrected chi connectivity index (χ4v) is 2.88. The van der Waals surface area contributed by atoms with Gasteiger partial charge in [-0.05, 0) is 25.3 Å². The molecule has 1 aromatic heterocycles. The van der Waals surface area contributed by atoms with E-state index in [1.807, 2.05) is 0 Å². The van der Waals surface area contributed by atoms with Gasteiger partial charge in [0, 0.05) is 6.92 Å². The Morgan fingerprint density at radius 2 is 2.14 bits per heavy atom. The number of hydroxylamine groups is 2. The third kappa shape index (κ3) is 2.86. The average molecular weight is 326 g/mol. The summed E-state index contributed by atoms with van der Waals surface area (Å²) in [5.74, 6) is -0.680. The first-order valence-corrected chi connectivity index (χ1v) is 6.75. The standard InChI is InChI=1S/C10H13F3N4O3S/c1-5-7(20-6(2)18)17(19,4-16(5)3)9-15-14-8(21-9)10(11,12)13/h5,7H,4H2,1-3H3. The topological polar surface area (TPSA) is 78.4 Å². The zero-order chi connectivity index (χ0) is 16.0. The first-order valence-electron chi connectivity index (χ1n) is 5.93. The van der Waals surface area contributed by atoms with Crippen LogP contribution in [0.25, 0.3) is 0 Å². The van der Waals surface area contributed by atoms with E-state index in [4.69, 9.17) is 4.74 Å². The summed E-state index contributed by atoms with van der Waals surface area (Å²) in [5, 5.41) is 17.7. The average Bonchev–Trinajstić information content (AvgIpc) is 2.90. The van der Waals surface area contributed by atoms with Crippen LogP contribution in [0.2, 0.25) is 0 Å². The van der Waals surface area contributed by atoms with Crippen molar-refractivity contribution in [1.82, 2.24) is 19.7 Å². The van der Waals surface area contributed by atoms with Gasteiger partial charge < -0.3 is 9.94 Å². The van der Waals surface area contributed by atoms with Crippen molar-refractivity contribution >= 4 is 22.4 Å². The molecule has 1 fully saturated rings. The summed E-state index contributed by atoms with van der Waals surface area (Å²) in [5.41, 5.74) is 0. The van der Waals surface area contributed by atoms with Gasteiger partial charge in [0.2, 0.25) is 5.01 Å². The maximum Gasteiger partial charge on any atom is 0.445 e. The third-order valence-corrected chi connectivity index (χ3v) is 4.30. The molecule has 1 aliphatic heterocycles. The van der Waals surface area contributed by atoms with Gasteiger partial charge in [-0.15, -0.1) is 5.10 Å². The summed E-state index contributed by atoms with van der Waals surface area (Å²) in [6.45, 7) is 2.61. The van der Waals surface area contributed by atoms with Crippen molar-refractivity contribution in [3.63, 3.8) is 0 Å². The molecule has 21 heavy (non-hydrogen) atoms. The second-order valence-corrected chi connectivity index (χ2v) is 5.78. The number of carbonyl (C=O) groups excluding carboxylic acids is 1. The van der Waals surface area contributed by atoms with E-state index in [0.717, 1.165) is 6.92 Å². The second kappa shape index (κ2) is 5.16. The van der Waals surface area contributed by atoms with E-state index in [9.17, 15) is 23.2 Å². The molecular formula is C10H13F3N4O3S. The lowest BCUT2D eigenvalue weighted by Gasteiger charge is -2.38. The third-order valence-electron chi connectivity index (χ3n) is 3.22. The molecular weight excluding hydrogens is 313 g/mol. The molecule has 118 valence electrons. The van der Waals surface area contributed by atoms with E-state index in [0.29, 0.717) is 0 Å². The first kappa shape index (κ1) is 16.1. The summed E-state index contributed by atoms with van der Waals surface area (Å²) < 4.78 is 41.4. The number of alkyl halides is 3. The normalized spacial score (nSPS) is 30.6. The van der Waals surface area contributed by atoms with Crippen LogP contribution < -0.4 is 4.65 Å². The zero-order valence-electron chi connectivity index (χ0n) is 11.4. The van der Waals surface area contributed by atoms with Crippen LogP contribution in [0.4, 0.5) is 18.3 Å². The van der Waals surface area contributed by atoms with Crippen molar-refractivity contribution in [2.24, 2.45) is 0 Å². The Hall–Kier alpha value is -1.30. The Balaban J connectivity index is 2.38. The zero-order valence-corrected chi connectivity index (χ0v) is 12.2. The Bertz CT molecular complexity index is 552. The molecule has 0 saturated carbocycles. The number of hydrogen-bond donors (Lipinski definition) is 0. The number of carbonyl (C=O) groups is 1. The van der Waals surface area contributed by atoms with Crippen LogP contribution in [0.3, 0.4) is 0 Å². The molecule has 0 bridgehead atoms. The van der Waals surface area contributed by atoms with Crippen LogP contribution >= 0.6 is 11.3 Å². The van der Waals surface area contributed by atoms with Crippen molar-refractivity contribution in [3.05, 3.63) is 10.2 Å². The van der Waals surface area contributed by atoms with Gasteiger partial charge in [-0.2, -0.15) is 13.2 Å². The Morgan fingerprint density at radius 3 is 2.62 bits per heavy atom. The number of ether oxygens (including phenoxy) is 1. The van der Waals surface area contributed by atoms with Gasteiger partial charge in [0.05, 0.1) is 0 Å². The molecule has 1 saturated heterocycles. The molecule has 0 aromatic carbocycles. The van der Waals surface area contributed by atoms with Crippen LogP contribution in [0.15, 0.2) is 0 Å². The smallest absolute Gasteiger partial charge is 0.445 e. The number of nitrogens with zero attached hydrogens (tertiary/aromatic N) is 4. The van der Waals surface area contributed by atoms with Gasteiger partial charge in [0.15, 0.2) is 0 Å². The SMILES string of the molecule is CC(=O)OC1C(C)N(C)C[N+]1([O-])c1nnc(C(F)(F)F)s1. The molecule has 11 heteroatoms. The number of aromatic nitrogens is 2. The minimum atomic E-state index is -4.66. The molecule has 7 nitrogen and oxygen atoms in total. The van der Waals surface area contributed by atoms with Crippen LogP contribution in [0, 0.1) is 5.21 Å². The van der Waals surface area contributed by atoms with Gasteiger partial charge in [0.25, 0.3) is 6.23 Å². The minimum Gasteiger partial charge on any atom is -0.622 e. The quantitative estimate of drug-likeness (QED) is 0.466. The van der Waals surface area contributed by atoms with Gasteiger partial charge in [-0.1, -0.05) is 5.10 Å². The number of quaternary nitrogens is 1. The molecule has 0 aliphatic carbocycles. The molecule has 2 rings (SSSR count). The van der Waals surface area contributed by atoms with Crippen molar-refractivity contribution in [3.8, 4) is 0 Å². The number of hydrogen-bond acceptors (Lipinski definition) is 7. The number of halogens is 3. The van der Waals surface area contributed by atoms with Crippen LogP contribution in [0.5, 0.6) is 0 Å². The predicted molar refractivity (Wildman–Crippen MR) is 67.7 cm³/mol. The molecule has 3 atom stereocenters. The lowest BCUT2D eigenvalue weighted by atomic mass is 10.3. The monoisotopic (exact) mass is 326 g/mol. The highest BCUT2D eigenvalue weighted by Gasteiger charge is 2.51. The van der Waals surface area contributed by atoms with Gasteiger partial charge in [-0.25, -0.2) is 4.90 Å². The number of likely N-dealkylation sites (N-methyl/N-ethyl adjacent to an activating group) is 1. The summed E-state index contributed by atoms with van der Waals surface area (Å²) >= 11 is 0.165.